The number of benzene rings is 2. The highest BCUT2D eigenvalue weighted by Crippen LogP contribution is 2.44. The van der Waals surface area contributed by atoms with Crippen molar-refractivity contribution < 1.29 is 37.0 Å². The summed E-state index contributed by atoms with van der Waals surface area (Å²) in [5.41, 5.74) is 1.28. The van der Waals surface area contributed by atoms with Crippen molar-refractivity contribution in [1.29, 1.82) is 0 Å². The lowest BCUT2D eigenvalue weighted by Gasteiger charge is -2.58. The van der Waals surface area contributed by atoms with Gasteiger partial charge in [0.05, 0.1) is 23.3 Å². The lowest BCUT2D eigenvalue weighted by atomic mass is 9.69. The monoisotopic (exact) mass is 723 g/mol. The summed E-state index contributed by atoms with van der Waals surface area (Å²) in [5.74, 6) is 0.323. The van der Waals surface area contributed by atoms with Crippen molar-refractivity contribution in [2.75, 3.05) is 44.3 Å². The van der Waals surface area contributed by atoms with Gasteiger partial charge in [-0.25, -0.2) is 8.42 Å². The number of anilines is 1. The number of hydrogen-bond acceptors (Lipinski definition) is 11. The smallest absolute Gasteiger partial charge is 0.414 e. The largest absolute Gasteiger partial charge is 0.464 e. The van der Waals surface area contributed by atoms with Crippen LogP contribution in [0.15, 0.2) is 75.2 Å². The third kappa shape index (κ3) is 9.01. The Balaban J connectivity index is 0.857. The minimum absolute atomic E-state index is 0.0700. The van der Waals surface area contributed by atoms with Crippen LogP contribution in [0.3, 0.4) is 0 Å². The van der Waals surface area contributed by atoms with Crippen LogP contribution in [0.25, 0.3) is 0 Å². The zero-order valence-electron chi connectivity index (χ0n) is 29.1. The number of esters is 1. The molecule has 13 nitrogen and oxygen atoms in total. The average Bonchev–Trinajstić information content (AvgIpc) is 3.54. The molecule has 3 fully saturated rings. The second-order valence-electron chi connectivity index (χ2n) is 13.8. The zero-order chi connectivity index (χ0) is 35.6. The number of carbonyl (C=O) groups excluding carboxylic acids is 2. The van der Waals surface area contributed by atoms with Gasteiger partial charge >= 0.3 is 16.9 Å². The van der Waals surface area contributed by atoms with Gasteiger partial charge in [0.15, 0.2) is 0 Å². The van der Waals surface area contributed by atoms with Crippen molar-refractivity contribution in [3.8, 4) is 5.88 Å². The van der Waals surface area contributed by atoms with Crippen molar-refractivity contribution in [3.05, 3.63) is 65.9 Å². The Morgan fingerprint density at radius 2 is 1.65 bits per heavy atom. The number of unbranched alkanes of at least 4 members (excludes halogenated alkanes) is 3. The molecule has 2 aromatic carbocycles. The molecule has 3 saturated heterocycles. The first-order valence-electron chi connectivity index (χ1n) is 18.3. The third-order valence-corrected chi connectivity index (χ3v) is 12.2. The van der Waals surface area contributed by atoms with Crippen LogP contribution < -0.4 is 19.9 Å². The summed E-state index contributed by atoms with van der Waals surface area (Å²) in [5, 5.41) is 17.5. The first-order valence-corrected chi connectivity index (χ1v) is 19.8. The first-order chi connectivity index (χ1) is 24.8. The average molecular weight is 724 g/mol. The van der Waals surface area contributed by atoms with Gasteiger partial charge < -0.3 is 24.9 Å². The van der Waals surface area contributed by atoms with Crippen LogP contribution in [0.4, 0.5) is 5.69 Å². The van der Waals surface area contributed by atoms with E-state index in [1.54, 1.807) is 18.2 Å². The van der Waals surface area contributed by atoms with Gasteiger partial charge in [0, 0.05) is 30.7 Å². The highest BCUT2D eigenvalue weighted by molar-refractivity contribution is 7.91. The highest BCUT2D eigenvalue weighted by atomic mass is 32.2. The van der Waals surface area contributed by atoms with E-state index in [4.69, 9.17) is 9.47 Å². The molecule has 0 saturated carbocycles. The molecular formula is C37H49N5O8S. The van der Waals surface area contributed by atoms with E-state index < -0.39 is 20.8 Å². The number of hydrogen-bond donors (Lipinski definition) is 1. The van der Waals surface area contributed by atoms with Crippen molar-refractivity contribution in [3.63, 3.8) is 0 Å². The highest BCUT2D eigenvalue weighted by Gasteiger charge is 2.48. The van der Waals surface area contributed by atoms with Gasteiger partial charge in [-0.1, -0.05) is 36.4 Å². The van der Waals surface area contributed by atoms with Crippen LogP contribution in [-0.4, -0.2) is 81.8 Å². The van der Waals surface area contributed by atoms with Gasteiger partial charge in [-0.2, -0.15) is 0 Å². The molecule has 3 aliphatic heterocycles. The number of piperidine rings is 3. The van der Waals surface area contributed by atoms with E-state index in [2.05, 4.69) is 55.2 Å². The van der Waals surface area contributed by atoms with Crippen LogP contribution in [0.2, 0.25) is 0 Å². The molecule has 1 N–H and O–H groups in total. The molecule has 1 amide bonds. The molecule has 51 heavy (non-hydrogen) atoms. The Morgan fingerprint density at radius 3 is 2.41 bits per heavy atom. The van der Waals surface area contributed by atoms with E-state index in [-0.39, 0.29) is 41.3 Å². The standard InChI is InChI=1S/C37H49N5O8S/c43-33(21-11-20-32-31-19-13-23-40-22-12-14-28(35(31)40)27-41(32)29-15-5-3-6-16-29)38-26-34(44)48-24-9-1-2-10-25-49-36-37(42(45)50-39-36)51(46,47)30-17-7-4-8-18-30/h3-8,15-18,28,31-32,35H,1-2,9-14,19-27H2,(H,38,43). The number of rotatable bonds is 17. The molecular weight excluding hydrogens is 675 g/mol. The fourth-order valence-electron chi connectivity index (χ4n) is 8.22. The summed E-state index contributed by atoms with van der Waals surface area (Å²) in [4.78, 5) is 30.1. The van der Waals surface area contributed by atoms with Crippen LogP contribution in [0.1, 0.15) is 70.6 Å². The Hall–Kier alpha value is -4.17. The molecule has 0 aliphatic carbocycles. The molecule has 0 spiro atoms. The van der Waals surface area contributed by atoms with Gasteiger partial charge in [-0.05, 0) is 118 Å². The van der Waals surface area contributed by atoms with Crippen molar-refractivity contribution in [2.45, 2.75) is 92.6 Å². The SMILES string of the molecule is O=C(CCCC1C2CCCN3CCCC(CN1c1ccccc1)C23)NCC(=O)OCCCCCCOc1no[n+]([O-])c1S(=O)(=O)c1ccccc1. The topological polar surface area (TPSA) is 158 Å². The number of amides is 1. The fourth-order valence-corrected chi connectivity index (χ4v) is 9.51. The number of ether oxygens (including phenoxy) is 2. The van der Waals surface area contributed by atoms with Crippen LogP contribution >= 0.6 is 0 Å². The van der Waals surface area contributed by atoms with E-state index in [9.17, 15) is 23.2 Å². The van der Waals surface area contributed by atoms with Gasteiger partial charge in [0.2, 0.25) is 5.91 Å². The lowest BCUT2D eigenvalue weighted by molar-refractivity contribution is -0.832. The van der Waals surface area contributed by atoms with E-state index in [0.717, 1.165) is 25.8 Å². The summed E-state index contributed by atoms with van der Waals surface area (Å²) < 4.78 is 40.9. The van der Waals surface area contributed by atoms with Crippen LogP contribution in [0.5, 0.6) is 5.88 Å². The van der Waals surface area contributed by atoms with Gasteiger partial charge in [-0.15, -0.1) is 0 Å². The Kier molecular flexibility index (Phi) is 12.5. The zero-order valence-corrected chi connectivity index (χ0v) is 29.9. The van der Waals surface area contributed by atoms with Crippen molar-refractivity contribution in [2.24, 2.45) is 11.8 Å². The summed E-state index contributed by atoms with van der Waals surface area (Å²) in [6.45, 7) is 3.70. The Morgan fingerprint density at radius 1 is 0.941 bits per heavy atom. The van der Waals surface area contributed by atoms with E-state index in [1.165, 1.54) is 56.6 Å². The molecule has 3 aromatic rings. The van der Waals surface area contributed by atoms with Gasteiger partial charge in [0.25, 0.3) is 9.84 Å². The number of para-hydroxylation sites is 1. The maximum absolute atomic E-state index is 12.8. The van der Waals surface area contributed by atoms with Crippen molar-refractivity contribution in [1.82, 2.24) is 15.4 Å². The lowest BCUT2D eigenvalue weighted by Crippen LogP contribution is -2.65. The molecule has 14 heteroatoms. The molecule has 276 valence electrons. The number of aromatic nitrogens is 2. The quantitative estimate of drug-likeness (QED) is 0.120. The Bertz CT molecular complexity index is 1690. The maximum Gasteiger partial charge on any atom is 0.414 e. The molecule has 4 unspecified atom stereocenters. The molecule has 0 radical (unpaired) electrons. The second kappa shape index (κ2) is 17.4. The van der Waals surface area contributed by atoms with E-state index in [1.807, 2.05) is 0 Å². The molecule has 4 atom stereocenters. The maximum atomic E-state index is 12.8. The molecule has 1 aromatic heterocycles. The first kappa shape index (κ1) is 36.6. The minimum Gasteiger partial charge on any atom is -0.464 e. The van der Waals surface area contributed by atoms with E-state index in [0.29, 0.717) is 49.6 Å². The summed E-state index contributed by atoms with van der Waals surface area (Å²) in [7, 11) is -4.17. The fraction of sp³-hybridized carbons (Fsp3) is 0.568. The number of carbonyl (C=O) groups is 2. The number of nitrogens with one attached hydrogen (secondary N) is 1. The third-order valence-electron chi connectivity index (χ3n) is 10.5. The predicted molar refractivity (Wildman–Crippen MR) is 188 cm³/mol. The van der Waals surface area contributed by atoms with Gasteiger partial charge in [-0.3, -0.25) is 19.1 Å². The minimum atomic E-state index is -4.17. The normalized spacial score (nSPS) is 21.8. The summed E-state index contributed by atoms with van der Waals surface area (Å²) in [6.07, 6.45) is 9.78. The second-order valence-corrected chi connectivity index (χ2v) is 15.7. The number of sulfone groups is 1. The summed E-state index contributed by atoms with van der Waals surface area (Å²) >= 11 is 0. The molecule has 3 aliphatic rings. The molecule has 4 heterocycles. The predicted octanol–water partition coefficient (Wildman–Crippen LogP) is 4.29. The van der Waals surface area contributed by atoms with Crippen molar-refractivity contribution >= 4 is 27.4 Å². The molecule has 0 bridgehead atoms. The van der Waals surface area contributed by atoms with Crippen LogP contribution in [-0.2, 0) is 24.2 Å². The van der Waals surface area contributed by atoms with Crippen LogP contribution in [0, 0.1) is 17.0 Å². The van der Waals surface area contributed by atoms with E-state index >= 15 is 0 Å². The van der Waals surface area contributed by atoms with Gasteiger partial charge in [0.1, 0.15) is 6.54 Å². The summed E-state index contributed by atoms with van der Waals surface area (Å²) in [6, 6.07) is 19.3. The Labute approximate surface area is 299 Å². The number of nitrogens with zero attached hydrogens (tertiary/aromatic N) is 4. The molecule has 6 rings (SSSR count).